The van der Waals surface area contributed by atoms with Gasteiger partial charge >= 0.3 is 5.97 Å². The SMILES string of the molecule is O=C(O)CCC(=O)Nc1ccc(NC(=O)c2cccs2)c(Cl)c1. The molecule has 8 heteroatoms. The smallest absolute Gasteiger partial charge is 0.303 e. The van der Waals surface area contributed by atoms with Crippen molar-refractivity contribution >= 4 is 52.1 Å². The highest BCUT2D eigenvalue weighted by molar-refractivity contribution is 7.12. The number of nitrogens with one attached hydrogen (secondary N) is 2. The number of amides is 2. The number of carboxylic acid groups (broad SMARTS) is 1. The second kappa shape index (κ2) is 7.75. The maximum Gasteiger partial charge on any atom is 0.303 e. The zero-order valence-corrected chi connectivity index (χ0v) is 13.4. The molecule has 0 atom stereocenters. The van der Waals surface area contributed by atoms with Crippen LogP contribution in [0.4, 0.5) is 11.4 Å². The van der Waals surface area contributed by atoms with Gasteiger partial charge < -0.3 is 15.7 Å². The van der Waals surface area contributed by atoms with Crippen LogP contribution in [0.15, 0.2) is 35.7 Å². The van der Waals surface area contributed by atoms with Crippen molar-refractivity contribution in [3.8, 4) is 0 Å². The van der Waals surface area contributed by atoms with Gasteiger partial charge in [-0.15, -0.1) is 11.3 Å². The minimum atomic E-state index is -1.04. The second-order valence-electron chi connectivity index (χ2n) is 4.57. The van der Waals surface area contributed by atoms with E-state index in [2.05, 4.69) is 10.6 Å². The summed E-state index contributed by atoms with van der Waals surface area (Å²) in [6.45, 7) is 0. The van der Waals surface area contributed by atoms with Crippen LogP contribution in [0, 0.1) is 0 Å². The third-order valence-electron chi connectivity index (χ3n) is 2.81. The van der Waals surface area contributed by atoms with Gasteiger partial charge in [-0.05, 0) is 29.6 Å². The first-order chi connectivity index (χ1) is 11.0. The molecule has 0 saturated heterocycles. The van der Waals surface area contributed by atoms with Gasteiger partial charge in [-0.1, -0.05) is 17.7 Å². The first kappa shape index (κ1) is 17.0. The van der Waals surface area contributed by atoms with Crippen LogP contribution in [-0.4, -0.2) is 22.9 Å². The Morgan fingerprint density at radius 2 is 1.91 bits per heavy atom. The molecule has 0 aliphatic rings. The fourth-order valence-electron chi connectivity index (χ4n) is 1.73. The maximum atomic E-state index is 12.0. The van der Waals surface area contributed by atoms with E-state index in [1.807, 2.05) is 0 Å². The number of carbonyl (C=O) groups excluding carboxylic acids is 2. The number of thiophene rings is 1. The topological polar surface area (TPSA) is 95.5 Å². The molecule has 0 radical (unpaired) electrons. The molecule has 6 nitrogen and oxygen atoms in total. The normalized spacial score (nSPS) is 10.1. The molecule has 0 aliphatic heterocycles. The Morgan fingerprint density at radius 1 is 1.13 bits per heavy atom. The van der Waals surface area contributed by atoms with Crippen LogP contribution in [0.2, 0.25) is 5.02 Å². The molecule has 1 aromatic heterocycles. The van der Waals surface area contributed by atoms with E-state index < -0.39 is 11.9 Å². The highest BCUT2D eigenvalue weighted by atomic mass is 35.5. The molecular formula is C15H13ClN2O4S. The Balaban J connectivity index is 1.99. The lowest BCUT2D eigenvalue weighted by Gasteiger charge is -2.09. The standard InChI is InChI=1S/C15H13ClN2O4S/c16-10-8-9(17-13(19)5-6-14(20)21)3-4-11(10)18-15(22)12-2-1-7-23-12/h1-4,7-8H,5-6H2,(H,17,19)(H,18,22)(H,20,21). The minimum Gasteiger partial charge on any atom is -0.481 e. The van der Waals surface area contributed by atoms with Crippen molar-refractivity contribution in [1.29, 1.82) is 0 Å². The monoisotopic (exact) mass is 352 g/mol. The van der Waals surface area contributed by atoms with Crippen molar-refractivity contribution in [3.05, 3.63) is 45.6 Å². The third-order valence-corrected chi connectivity index (χ3v) is 3.99. The van der Waals surface area contributed by atoms with Crippen LogP contribution in [0.25, 0.3) is 0 Å². The highest BCUT2D eigenvalue weighted by Gasteiger charge is 2.11. The van der Waals surface area contributed by atoms with Gasteiger partial charge in [0.05, 0.1) is 22.0 Å². The number of carboxylic acids is 1. The summed E-state index contributed by atoms with van der Waals surface area (Å²) in [5.41, 5.74) is 0.855. The van der Waals surface area contributed by atoms with Crippen LogP contribution >= 0.6 is 22.9 Å². The minimum absolute atomic E-state index is 0.121. The van der Waals surface area contributed by atoms with Crippen LogP contribution in [0.3, 0.4) is 0 Å². The largest absolute Gasteiger partial charge is 0.481 e. The van der Waals surface area contributed by atoms with Crippen molar-refractivity contribution < 1.29 is 19.5 Å². The molecule has 2 rings (SSSR count). The first-order valence-corrected chi connectivity index (χ1v) is 7.87. The summed E-state index contributed by atoms with van der Waals surface area (Å²) in [5, 5.41) is 15.8. The van der Waals surface area contributed by atoms with Crippen LogP contribution in [0.5, 0.6) is 0 Å². The zero-order chi connectivity index (χ0) is 16.8. The van der Waals surface area contributed by atoms with E-state index in [1.165, 1.54) is 17.4 Å². The van der Waals surface area contributed by atoms with Gasteiger partial charge in [0, 0.05) is 12.1 Å². The summed E-state index contributed by atoms with van der Waals surface area (Å²) in [7, 11) is 0. The highest BCUT2D eigenvalue weighted by Crippen LogP contribution is 2.26. The molecule has 1 aromatic carbocycles. The number of hydrogen-bond donors (Lipinski definition) is 3. The molecule has 0 fully saturated rings. The number of aliphatic carboxylic acids is 1. The Kier molecular flexibility index (Phi) is 5.72. The summed E-state index contributed by atoms with van der Waals surface area (Å²) >= 11 is 7.40. The number of benzene rings is 1. The quantitative estimate of drug-likeness (QED) is 0.741. The first-order valence-electron chi connectivity index (χ1n) is 6.62. The zero-order valence-electron chi connectivity index (χ0n) is 11.8. The van der Waals surface area contributed by atoms with Gasteiger partial charge in [0.15, 0.2) is 0 Å². The maximum absolute atomic E-state index is 12.0. The van der Waals surface area contributed by atoms with Crippen molar-refractivity contribution in [2.24, 2.45) is 0 Å². The molecular weight excluding hydrogens is 340 g/mol. The lowest BCUT2D eigenvalue weighted by molar-refractivity contribution is -0.138. The van der Waals surface area contributed by atoms with Crippen molar-refractivity contribution in [2.75, 3.05) is 10.6 Å². The molecule has 120 valence electrons. The van der Waals surface area contributed by atoms with Crippen LogP contribution in [-0.2, 0) is 9.59 Å². The molecule has 0 spiro atoms. The number of carbonyl (C=O) groups is 3. The molecule has 1 heterocycles. The van der Waals surface area contributed by atoms with E-state index in [0.29, 0.717) is 16.3 Å². The third kappa shape index (κ3) is 5.08. The molecule has 23 heavy (non-hydrogen) atoms. The summed E-state index contributed by atoms with van der Waals surface area (Å²) in [6, 6.07) is 8.11. The van der Waals surface area contributed by atoms with Gasteiger partial charge in [0.25, 0.3) is 5.91 Å². The Morgan fingerprint density at radius 3 is 2.52 bits per heavy atom. The molecule has 3 N–H and O–H groups in total. The predicted molar refractivity (Wildman–Crippen MR) is 89.2 cm³/mol. The summed E-state index contributed by atoms with van der Waals surface area (Å²) < 4.78 is 0. The molecule has 0 unspecified atom stereocenters. The van der Waals surface area contributed by atoms with Crippen LogP contribution in [0.1, 0.15) is 22.5 Å². The van der Waals surface area contributed by atoms with E-state index in [4.69, 9.17) is 16.7 Å². The molecule has 0 saturated carbocycles. The fourth-order valence-corrected chi connectivity index (χ4v) is 2.58. The number of halogens is 1. The van der Waals surface area contributed by atoms with E-state index >= 15 is 0 Å². The van der Waals surface area contributed by atoms with E-state index in [1.54, 1.807) is 29.6 Å². The van der Waals surface area contributed by atoms with Crippen molar-refractivity contribution in [3.63, 3.8) is 0 Å². The van der Waals surface area contributed by atoms with Gasteiger partial charge in [-0.25, -0.2) is 0 Å². The lowest BCUT2D eigenvalue weighted by atomic mass is 10.2. The van der Waals surface area contributed by atoms with Crippen LogP contribution < -0.4 is 10.6 Å². The lowest BCUT2D eigenvalue weighted by Crippen LogP contribution is -2.14. The van der Waals surface area contributed by atoms with E-state index in [0.717, 1.165) is 0 Å². The Bertz CT molecular complexity index is 731. The summed E-state index contributed by atoms with van der Waals surface area (Å²) in [6.07, 6.45) is -0.363. The van der Waals surface area contributed by atoms with E-state index in [-0.39, 0.29) is 23.8 Å². The average molecular weight is 353 g/mol. The van der Waals surface area contributed by atoms with Crippen molar-refractivity contribution in [1.82, 2.24) is 0 Å². The van der Waals surface area contributed by atoms with Gasteiger partial charge in [-0.2, -0.15) is 0 Å². The molecule has 2 aromatic rings. The van der Waals surface area contributed by atoms with Gasteiger partial charge in [0.1, 0.15) is 0 Å². The second-order valence-corrected chi connectivity index (χ2v) is 5.92. The summed E-state index contributed by atoms with van der Waals surface area (Å²) in [4.78, 5) is 34.5. The molecule has 2 amide bonds. The van der Waals surface area contributed by atoms with E-state index in [9.17, 15) is 14.4 Å². The summed E-state index contributed by atoms with van der Waals surface area (Å²) in [5.74, 6) is -1.72. The van der Waals surface area contributed by atoms with Gasteiger partial charge in [-0.3, -0.25) is 14.4 Å². The van der Waals surface area contributed by atoms with Crippen molar-refractivity contribution in [2.45, 2.75) is 12.8 Å². The Hall–Kier alpha value is -2.38. The number of rotatable bonds is 6. The Labute approximate surface area is 141 Å². The number of anilines is 2. The average Bonchev–Trinajstić information content (AvgIpc) is 3.02. The molecule has 0 bridgehead atoms. The number of hydrogen-bond acceptors (Lipinski definition) is 4. The molecule has 0 aliphatic carbocycles. The fraction of sp³-hybridized carbons (Fsp3) is 0.133. The van der Waals surface area contributed by atoms with Gasteiger partial charge in [0.2, 0.25) is 5.91 Å². The predicted octanol–water partition coefficient (Wildman–Crippen LogP) is 3.46.